The predicted octanol–water partition coefficient (Wildman–Crippen LogP) is 1.21. The topological polar surface area (TPSA) is 76.0 Å². The van der Waals surface area contributed by atoms with Crippen LogP contribution in [0.1, 0.15) is 0 Å². The molecular weight excluding hydrogens is 362 g/mol. The molecule has 2 heterocycles. The van der Waals surface area contributed by atoms with Gasteiger partial charge in [-0.3, -0.25) is 4.79 Å². The monoisotopic (exact) mass is 376 g/mol. The number of sulfone groups is 1. The first-order valence-corrected chi connectivity index (χ1v) is 9.72. The van der Waals surface area contributed by atoms with Crippen molar-refractivity contribution < 1.29 is 26.7 Å². The zero-order valence-corrected chi connectivity index (χ0v) is 14.2. The number of rotatable bonds is 3. The van der Waals surface area contributed by atoms with E-state index < -0.39 is 33.4 Å². The van der Waals surface area contributed by atoms with Crippen LogP contribution in [-0.2, 0) is 19.4 Å². The van der Waals surface area contributed by atoms with E-state index in [-0.39, 0.29) is 34.2 Å². The number of hydrogen-bond acceptors (Lipinski definition) is 5. The Labute approximate surface area is 141 Å². The number of nitrogens with zero attached hydrogens (tertiary/aromatic N) is 2. The average Bonchev–Trinajstić information content (AvgIpc) is 2.91. The standard InChI is InChI=1S/C14H14F2N2O4S2/c1-22-5-13(19)17-14-18(10-3-2-8(15)4-9(10)16)11-6-24(20,21)7-12(11)23-14/h2-4,11-12H,5-7H2,1H3/t11-,12-/m0/s1. The molecule has 0 unspecified atom stereocenters. The van der Waals surface area contributed by atoms with Crippen molar-refractivity contribution in [1.29, 1.82) is 0 Å². The number of anilines is 1. The largest absolute Gasteiger partial charge is 0.375 e. The van der Waals surface area contributed by atoms with E-state index in [1.165, 1.54) is 18.1 Å². The Kier molecular flexibility index (Phi) is 4.63. The third-order valence-corrected chi connectivity index (χ3v) is 6.93. The molecule has 130 valence electrons. The van der Waals surface area contributed by atoms with Crippen molar-refractivity contribution in [2.75, 3.05) is 30.1 Å². The van der Waals surface area contributed by atoms with Gasteiger partial charge in [-0.25, -0.2) is 17.2 Å². The fourth-order valence-corrected chi connectivity index (χ4v) is 6.71. The van der Waals surface area contributed by atoms with Gasteiger partial charge in [0.05, 0.1) is 23.2 Å². The van der Waals surface area contributed by atoms with Crippen LogP contribution >= 0.6 is 11.8 Å². The summed E-state index contributed by atoms with van der Waals surface area (Å²) < 4.78 is 55.8. The maximum absolute atomic E-state index is 14.2. The Bertz CT molecular complexity index is 813. The maximum atomic E-state index is 14.2. The second kappa shape index (κ2) is 6.41. The van der Waals surface area contributed by atoms with Gasteiger partial charge in [0, 0.05) is 18.4 Å². The minimum absolute atomic E-state index is 0.00235. The quantitative estimate of drug-likeness (QED) is 0.789. The lowest BCUT2D eigenvalue weighted by atomic mass is 10.2. The number of amides is 1. The molecule has 2 fully saturated rings. The highest BCUT2D eigenvalue weighted by Gasteiger charge is 2.50. The second-order valence-electron chi connectivity index (χ2n) is 5.49. The van der Waals surface area contributed by atoms with Gasteiger partial charge in [0.2, 0.25) is 0 Å². The number of thioether (sulfide) groups is 1. The molecule has 0 radical (unpaired) electrons. The summed E-state index contributed by atoms with van der Waals surface area (Å²) in [5.41, 5.74) is -0.00235. The second-order valence-corrected chi connectivity index (χ2v) is 8.85. The lowest BCUT2D eigenvalue weighted by Crippen LogP contribution is -2.38. The van der Waals surface area contributed by atoms with Gasteiger partial charge >= 0.3 is 0 Å². The van der Waals surface area contributed by atoms with E-state index in [1.54, 1.807) is 0 Å². The molecule has 0 aromatic heterocycles. The fourth-order valence-electron chi connectivity index (χ4n) is 2.79. The van der Waals surface area contributed by atoms with Crippen LogP contribution in [-0.4, -0.2) is 56.0 Å². The van der Waals surface area contributed by atoms with Crippen molar-refractivity contribution >= 4 is 38.4 Å². The first-order chi connectivity index (χ1) is 11.3. The zero-order chi connectivity index (χ0) is 17.5. The fraction of sp³-hybridized carbons (Fsp3) is 0.429. The minimum Gasteiger partial charge on any atom is -0.375 e. The number of fused-ring (bicyclic) bond motifs is 1. The highest BCUT2D eigenvalue weighted by atomic mass is 32.2. The third kappa shape index (κ3) is 3.31. The molecule has 2 atom stereocenters. The summed E-state index contributed by atoms with van der Waals surface area (Å²) in [7, 11) is -1.91. The Hall–Kier alpha value is -1.52. The number of carbonyl (C=O) groups is 1. The van der Waals surface area contributed by atoms with E-state index in [1.807, 2.05) is 0 Å². The predicted molar refractivity (Wildman–Crippen MR) is 87.0 cm³/mol. The molecule has 2 aliphatic heterocycles. The number of hydrogen-bond donors (Lipinski definition) is 0. The molecule has 0 aliphatic carbocycles. The molecule has 3 rings (SSSR count). The van der Waals surface area contributed by atoms with Gasteiger partial charge in [0.15, 0.2) is 15.0 Å². The molecule has 1 amide bonds. The number of benzene rings is 1. The smallest absolute Gasteiger partial charge is 0.274 e. The molecule has 1 aromatic rings. The Morgan fingerprint density at radius 2 is 2.17 bits per heavy atom. The first-order valence-electron chi connectivity index (χ1n) is 7.02. The third-order valence-electron chi connectivity index (χ3n) is 3.72. The van der Waals surface area contributed by atoms with Gasteiger partial charge in [-0.15, -0.1) is 0 Å². The van der Waals surface area contributed by atoms with Crippen molar-refractivity contribution in [2.45, 2.75) is 11.3 Å². The van der Waals surface area contributed by atoms with Crippen LogP contribution in [0.15, 0.2) is 23.2 Å². The molecule has 2 saturated heterocycles. The van der Waals surface area contributed by atoms with Crippen molar-refractivity contribution in [3.63, 3.8) is 0 Å². The van der Waals surface area contributed by atoms with Gasteiger partial charge in [-0.05, 0) is 12.1 Å². The van der Waals surface area contributed by atoms with Gasteiger partial charge < -0.3 is 9.64 Å². The van der Waals surface area contributed by atoms with Crippen LogP contribution in [0, 0.1) is 11.6 Å². The molecule has 24 heavy (non-hydrogen) atoms. The molecule has 0 bridgehead atoms. The molecule has 10 heteroatoms. The van der Waals surface area contributed by atoms with Crippen molar-refractivity contribution in [1.82, 2.24) is 0 Å². The van der Waals surface area contributed by atoms with Gasteiger partial charge in [-0.1, -0.05) is 11.8 Å². The summed E-state index contributed by atoms with van der Waals surface area (Å²) in [5, 5.41) is -0.152. The SMILES string of the molecule is COCC(=O)N=C1S[C@H]2CS(=O)(=O)C[C@@H]2N1c1ccc(F)cc1F. The average molecular weight is 376 g/mol. The van der Waals surface area contributed by atoms with Crippen molar-refractivity contribution in [2.24, 2.45) is 4.99 Å². The van der Waals surface area contributed by atoms with E-state index in [0.717, 1.165) is 17.8 Å². The highest BCUT2D eigenvalue weighted by Crippen LogP contribution is 2.41. The van der Waals surface area contributed by atoms with E-state index >= 15 is 0 Å². The van der Waals surface area contributed by atoms with Gasteiger partial charge in [0.1, 0.15) is 18.2 Å². The molecule has 0 spiro atoms. The normalized spacial score (nSPS) is 26.8. The van der Waals surface area contributed by atoms with E-state index in [0.29, 0.717) is 6.07 Å². The number of ether oxygens (including phenoxy) is 1. The van der Waals surface area contributed by atoms with Crippen LogP contribution in [0.25, 0.3) is 0 Å². The molecule has 1 aromatic carbocycles. The van der Waals surface area contributed by atoms with Crippen LogP contribution < -0.4 is 4.90 Å². The molecule has 2 aliphatic rings. The highest BCUT2D eigenvalue weighted by molar-refractivity contribution is 8.16. The maximum Gasteiger partial charge on any atom is 0.274 e. The number of halogens is 2. The van der Waals surface area contributed by atoms with Gasteiger partial charge in [0.25, 0.3) is 5.91 Å². The zero-order valence-electron chi connectivity index (χ0n) is 12.6. The molecular formula is C14H14F2N2O4S2. The minimum atomic E-state index is -3.25. The Morgan fingerprint density at radius 3 is 2.83 bits per heavy atom. The van der Waals surface area contributed by atoms with Crippen LogP contribution in [0.5, 0.6) is 0 Å². The lowest BCUT2D eigenvalue weighted by molar-refractivity contribution is -0.121. The number of aliphatic imine (C=N–C) groups is 1. The summed E-state index contributed by atoms with van der Waals surface area (Å²) in [4.78, 5) is 17.0. The number of methoxy groups -OCH3 is 1. The number of carbonyl (C=O) groups excluding carboxylic acids is 1. The molecule has 0 saturated carbocycles. The van der Waals surface area contributed by atoms with Gasteiger partial charge in [-0.2, -0.15) is 4.99 Å². The summed E-state index contributed by atoms with van der Waals surface area (Å²) >= 11 is 1.11. The Balaban J connectivity index is 2.03. The van der Waals surface area contributed by atoms with Crippen LogP contribution in [0.3, 0.4) is 0 Å². The molecule has 6 nitrogen and oxygen atoms in total. The van der Waals surface area contributed by atoms with E-state index in [9.17, 15) is 22.0 Å². The van der Waals surface area contributed by atoms with Crippen LogP contribution in [0.4, 0.5) is 14.5 Å². The van der Waals surface area contributed by atoms with Crippen molar-refractivity contribution in [3.05, 3.63) is 29.8 Å². The van der Waals surface area contributed by atoms with Crippen LogP contribution in [0.2, 0.25) is 0 Å². The molecule has 0 N–H and O–H groups in total. The van der Waals surface area contributed by atoms with Crippen molar-refractivity contribution in [3.8, 4) is 0 Å². The van der Waals surface area contributed by atoms with E-state index in [4.69, 9.17) is 4.74 Å². The van der Waals surface area contributed by atoms with E-state index in [2.05, 4.69) is 4.99 Å². The number of amidine groups is 1. The summed E-state index contributed by atoms with van der Waals surface area (Å²) in [6.07, 6.45) is 0. The lowest BCUT2D eigenvalue weighted by Gasteiger charge is -2.24. The summed E-state index contributed by atoms with van der Waals surface area (Å²) in [6.45, 7) is -0.239. The summed E-state index contributed by atoms with van der Waals surface area (Å²) in [5.74, 6) is -2.38. The Morgan fingerprint density at radius 1 is 1.42 bits per heavy atom. The summed E-state index contributed by atoms with van der Waals surface area (Å²) in [6, 6.07) is 2.46. The first kappa shape index (κ1) is 17.3.